The second-order valence-electron chi connectivity index (χ2n) is 7.80. The molecule has 5 rings (SSSR count). The number of benzene rings is 3. The van der Waals surface area contributed by atoms with Crippen molar-refractivity contribution in [3.63, 3.8) is 0 Å². The number of rotatable bonds is 8. The summed E-state index contributed by atoms with van der Waals surface area (Å²) < 4.78 is 8.17. The zero-order valence-corrected chi connectivity index (χ0v) is 18.1. The number of para-hydroxylation sites is 2. The second-order valence-corrected chi connectivity index (χ2v) is 7.80. The van der Waals surface area contributed by atoms with E-state index in [-0.39, 0.29) is 5.91 Å². The number of ether oxygens (including phenoxy) is 1. The lowest BCUT2D eigenvalue weighted by Crippen LogP contribution is -2.25. The van der Waals surface area contributed by atoms with Crippen LogP contribution in [-0.2, 0) is 13.1 Å². The highest BCUT2D eigenvalue weighted by molar-refractivity contribution is 5.94. The molecule has 3 aromatic carbocycles. The number of carbonyl (C=O) groups is 1. The van der Waals surface area contributed by atoms with Gasteiger partial charge in [0, 0.05) is 24.5 Å². The van der Waals surface area contributed by atoms with Gasteiger partial charge in [-0.2, -0.15) is 0 Å². The van der Waals surface area contributed by atoms with Crippen LogP contribution in [0.2, 0.25) is 0 Å². The highest BCUT2D eigenvalue weighted by atomic mass is 16.5. The first-order chi connectivity index (χ1) is 16.3. The predicted octanol–water partition coefficient (Wildman–Crippen LogP) is 4.98. The molecule has 0 spiro atoms. The molecule has 33 heavy (non-hydrogen) atoms. The Labute approximate surface area is 191 Å². The fourth-order valence-corrected chi connectivity index (χ4v) is 3.94. The maximum absolute atomic E-state index is 12.5. The average molecular weight is 437 g/mol. The van der Waals surface area contributed by atoms with Crippen LogP contribution in [0, 0.1) is 0 Å². The van der Waals surface area contributed by atoms with Gasteiger partial charge in [0.05, 0.1) is 24.2 Å². The summed E-state index contributed by atoms with van der Waals surface area (Å²) in [5.41, 5.74) is 2.55. The third-order valence-electron chi connectivity index (χ3n) is 5.60. The molecular formula is C27H24N4O2. The zero-order chi connectivity index (χ0) is 22.5. The average Bonchev–Trinajstić information content (AvgIpc) is 3.23. The number of pyridine rings is 1. The topological polar surface area (TPSA) is 69.0 Å². The summed E-state index contributed by atoms with van der Waals surface area (Å²) in [6.45, 7) is 1.68. The quantitative estimate of drug-likeness (QED) is 0.348. The smallest absolute Gasteiger partial charge is 0.251 e. The van der Waals surface area contributed by atoms with E-state index in [1.165, 1.54) is 10.8 Å². The minimum Gasteiger partial charge on any atom is -0.494 e. The maximum atomic E-state index is 12.5. The number of amides is 1. The van der Waals surface area contributed by atoms with Gasteiger partial charge in [-0.25, -0.2) is 4.98 Å². The van der Waals surface area contributed by atoms with Crippen molar-refractivity contribution in [2.75, 3.05) is 6.61 Å². The van der Waals surface area contributed by atoms with Crippen molar-refractivity contribution >= 4 is 27.7 Å². The molecule has 6 nitrogen and oxygen atoms in total. The van der Waals surface area contributed by atoms with Crippen LogP contribution in [0.1, 0.15) is 22.6 Å². The standard InChI is InChI=1S/C27H24N4O2/c32-27(21-12-14-28-15-13-21)29-19-26-30-24-8-3-4-9-25(24)31(26)16-5-17-33-23-11-10-20-6-1-2-7-22(20)18-23/h1-4,6-15,18H,5,16-17,19H2,(H,29,32). The molecule has 0 bridgehead atoms. The Morgan fingerprint density at radius 3 is 2.58 bits per heavy atom. The summed E-state index contributed by atoms with van der Waals surface area (Å²) in [5.74, 6) is 1.55. The molecule has 2 heterocycles. The van der Waals surface area contributed by atoms with Crippen LogP contribution in [-0.4, -0.2) is 27.0 Å². The molecule has 0 aliphatic rings. The largest absolute Gasteiger partial charge is 0.494 e. The molecule has 5 aromatic rings. The summed E-state index contributed by atoms with van der Waals surface area (Å²) in [7, 11) is 0. The molecule has 0 fully saturated rings. The van der Waals surface area contributed by atoms with Gasteiger partial charge in [0.25, 0.3) is 5.91 Å². The van der Waals surface area contributed by atoms with Gasteiger partial charge in [-0.15, -0.1) is 0 Å². The molecule has 164 valence electrons. The lowest BCUT2D eigenvalue weighted by atomic mass is 10.1. The number of aromatic nitrogens is 3. The number of hydrogen-bond donors (Lipinski definition) is 1. The first-order valence-electron chi connectivity index (χ1n) is 11.0. The number of aryl methyl sites for hydroxylation is 1. The Morgan fingerprint density at radius 2 is 1.70 bits per heavy atom. The van der Waals surface area contributed by atoms with Gasteiger partial charge in [-0.3, -0.25) is 9.78 Å². The number of nitrogens with one attached hydrogen (secondary N) is 1. The normalized spacial score (nSPS) is 11.0. The molecule has 1 N–H and O–H groups in total. The van der Waals surface area contributed by atoms with Crippen LogP contribution in [0.15, 0.2) is 91.3 Å². The van der Waals surface area contributed by atoms with Crippen molar-refractivity contribution in [2.24, 2.45) is 0 Å². The van der Waals surface area contributed by atoms with Crippen molar-refractivity contribution in [3.05, 3.63) is 103 Å². The van der Waals surface area contributed by atoms with E-state index in [1.807, 2.05) is 36.4 Å². The van der Waals surface area contributed by atoms with E-state index in [0.29, 0.717) is 18.7 Å². The Bertz CT molecular complexity index is 1400. The van der Waals surface area contributed by atoms with Crippen molar-refractivity contribution in [3.8, 4) is 5.75 Å². The molecule has 0 radical (unpaired) electrons. The summed E-state index contributed by atoms with van der Waals surface area (Å²) in [4.78, 5) is 21.2. The van der Waals surface area contributed by atoms with E-state index >= 15 is 0 Å². The van der Waals surface area contributed by atoms with E-state index in [1.54, 1.807) is 24.5 Å². The van der Waals surface area contributed by atoms with Crippen LogP contribution < -0.4 is 10.1 Å². The van der Waals surface area contributed by atoms with Crippen LogP contribution in [0.4, 0.5) is 0 Å². The zero-order valence-electron chi connectivity index (χ0n) is 18.1. The fraction of sp³-hybridized carbons (Fsp3) is 0.148. The summed E-state index contributed by atoms with van der Waals surface area (Å²) in [5, 5.41) is 5.34. The molecule has 0 aliphatic carbocycles. The monoisotopic (exact) mass is 436 g/mol. The lowest BCUT2D eigenvalue weighted by Gasteiger charge is -2.11. The lowest BCUT2D eigenvalue weighted by molar-refractivity contribution is 0.0949. The highest BCUT2D eigenvalue weighted by Crippen LogP contribution is 2.21. The molecule has 2 aromatic heterocycles. The molecule has 0 aliphatic heterocycles. The predicted molar refractivity (Wildman–Crippen MR) is 129 cm³/mol. The molecule has 6 heteroatoms. The Balaban J connectivity index is 1.25. The van der Waals surface area contributed by atoms with Crippen molar-refractivity contribution in [1.29, 1.82) is 0 Å². The summed E-state index contributed by atoms with van der Waals surface area (Å²) in [6, 6.07) is 25.8. The van der Waals surface area contributed by atoms with E-state index in [0.717, 1.165) is 35.6 Å². The van der Waals surface area contributed by atoms with Gasteiger partial charge in [-0.1, -0.05) is 42.5 Å². The third-order valence-corrected chi connectivity index (χ3v) is 5.60. The first kappa shape index (κ1) is 20.7. The highest BCUT2D eigenvalue weighted by Gasteiger charge is 2.12. The van der Waals surface area contributed by atoms with E-state index in [4.69, 9.17) is 9.72 Å². The van der Waals surface area contributed by atoms with Gasteiger partial charge in [0.15, 0.2) is 0 Å². The first-order valence-corrected chi connectivity index (χ1v) is 11.0. The van der Waals surface area contributed by atoms with Crippen LogP contribution in [0.25, 0.3) is 21.8 Å². The second kappa shape index (κ2) is 9.53. The van der Waals surface area contributed by atoms with Gasteiger partial charge < -0.3 is 14.6 Å². The maximum Gasteiger partial charge on any atom is 0.251 e. The Kier molecular flexibility index (Phi) is 5.97. The van der Waals surface area contributed by atoms with Crippen molar-refractivity contribution in [2.45, 2.75) is 19.5 Å². The van der Waals surface area contributed by atoms with E-state index < -0.39 is 0 Å². The van der Waals surface area contributed by atoms with Gasteiger partial charge >= 0.3 is 0 Å². The van der Waals surface area contributed by atoms with Crippen molar-refractivity contribution in [1.82, 2.24) is 19.9 Å². The number of nitrogens with zero attached hydrogens (tertiary/aromatic N) is 3. The molecule has 1 amide bonds. The van der Waals surface area contributed by atoms with Gasteiger partial charge in [0.2, 0.25) is 0 Å². The number of imidazole rings is 1. The van der Waals surface area contributed by atoms with Crippen LogP contribution >= 0.6 is 0 Å². The SMILES string of the molecule is O=C(NCc1nc2ccccc2n1CCCOc1ccc2ccccc2c1)c1ccncc1. The molecule has 0 atom stereocenters. The fourth-order valence-electron chi connectivity index (χ4n) is 3.94. The number of carbonyl (C=O) groups excluding carboxylic acids is 1. The number of hydrogen-bond acceptors (Lipinski definition) is 4. The molecular weight excluding hydrogens is 412 g/mol. The van der Waals surface area contributed by atoms with Crippen LogP contribution in [0.5, 0.6) is 5.75 Å². The minimum absolute atomic E-state index is 0.143. The summed E-state index contributed by atoms with van der Waals surface area (Å²) in [6.07, 6.45) is 4.04. The molecule has 0 unspecified atom stereocenters. The molecule has 0 saturated heterocycles. The third kappa shape index (κ3) is 4.70. The minimum atomic E-state index is -0.143. The van der Waals surface area contributed by atoms with Gasteiger partial charge in [0.1, 0.15) is 11.6 Å². The Morgan fingerprint density at radius 1 is 0.909 bits per heavy atom. The molecule has 0 saturated carbocycles. The number of fused-ring (bicyclic) bond motifs is 2. The Hall–Kier alpha value is -4.19. The van der Waals surface area contributed by atoms with Crippen molar-refractivity contribution < 1.29 is 9.53 Å². The van der Waals surface area contributed by atoms with E-state index in [9.17, 15) is 4.79 Å². The van der Waals surface area contributed by atoms with E-state index in [2.05, 4.69) is 45.2 Å². The van der Waals surface area contributed by atoms with Gasteiger partial charge in [-0.05, 0) is 53.6 Å². The summed E-state index contributed by atoms with van der Waals surface area (Å²) >= 11 is 0. The van der Waals surface area contributed by atoms with Crippen LogP contribution in [0.3, 0.4) is 0 Å².